The van der Waals surface area contributed by atoms with Crippen molar-refractivity contribution in [2.75, 3.05) is 17.4 Å². The molecule has 0 spiro atoms. The Bertz CT molecular complexity index is 1410. The van der Waals surface area contributed by atoms with Gasteiger partial charge < -0.3 is 10.2 Å². The smallest absolute Gasteiger partial charge is 0.264 e. The molecule has 0 aromatic heterocycles. The Kier molecular flexibility index (Phi) is 10.6. The molecule has 0 heterocycles. The van der Waals surface area contributed by atoms with Crippen LogP contribution >= 0.6 is 15.9 Å². The van der Waals surface area contributed by atoms with Crippen LogP contribution in [0.4, 0.5) is 5.69 Å². The van der Waals surface area contributed by atoms with Crippen molar-refractivity contribution < 1.29 is 18.0 Å². The van der Waals surface area contributed by atoms with Crippen molar-refractivity contribution in [3.8, 4) is 0 Å². The van der Waals surface area contributed by atoms with Crippen LogP contribution in [0.2, 0.25) is 0 Å². The lowest BCUT2D eigenvalue weighted by molar-refractivity contribution is -0.139. The van der Waals surface area contributed by atoms with Gasteiger partial charge in [-0.15, -0.1) is 0 Å². The summed E-state index contributed by atoms with van der Waals surface area (Å²) in [5.74, 6) is -0.652. The fourth-order valence-electron chi connectivity index (χ4n) is 5.11. The molecule has 0 aliphatic heterocycles. The molecule has 2 amide bonds. The molecule has 1 fully saturated rings. The van der Waals surface area contributed by atoms with Gasteiger partial charge in [0.25, 0.3) is 10.0 Å². The minimum atomic E-state index is -4.08. The fraction of sp³-hybridized carbons (Fsp3) is 0.375. The molecular formula is C32H38BrN3O4S. The molecule has 1 N–H and O–H groups in total. The first-order chi connectivity index (χ1) is 19.6. The number of nitrogens with zero attached hydrogens (tertiary/aromatic N) is 2. The van der Waals surface area contributed by atoms with Crippen molar-refractivity contribution in [3.05, 3.63) is 94.5 Å². The Labute approximate surface area is 252 Å². The van der Waals surface area contributed by atoms with Gasteiger partial charge in [0, 0.05) is 17.1 Å². The van der Waals surface area contributed by atoms with Crippen LogP contribution in [0.5, 0.6) is 0 Å². The molecule has 0 saturated heterocycles. The Morgan fingerprint density at radius 3 is 2.20 bits per heavy atom. The summed E-state index contributed by atoms with van der Waals surface area (Å²) in [6, 6.07) is 22.5. The summed E-state index contributed by atoms with van der Waals surface area (Å²) < 4.78 is 29.7. The molecule has 3 aromatic rings. The van der Waals surface area contributed by atoms with Gasteiger partial charge in [0.2, 0.25) is 11.8 Å². The van der Waals surface area contributed by atoms with E-state index in [2.05, 4.69) is 21.2 Å². The first kappa shape index (κ1) is 30.8. The molecule has 4 rings (SSSR count). The highest BCUT2D eigenvalue weighted by molar-refractivity contribution is 9.10. The summed E-state index contributed by atoms with van der Waals surface area (Å²) >= 11 is 3.40. The Balaban J connectivity index is 1.63. The SMILES string of the molecule is Cc1ccc(S(=O)(=O)N(CC(=O)N(CCc2ccccc2)[C@@H](C)C(=O)NC2CCCCC2)c2ccc(Br)cc2)cc1. The van der Waals surface area contributed by atoms with Crippen LogP contribution in [0.15, 0.2) is 88.2 Å². The summed E-state index contributed by atoms with van der Waals surface area (Å²) in [6.07, 6.45) is 5.73. The van der Waals surface area contributed by atoms with Crippen molar-refractivity contribution in [1.82, 2.24) is 10.2 Å². The van der Waals surface area contributed by atoms with Crippen LogP contribution in [0.3, 0.4) is 0 Å². The van der Waals surface area contributed by atoms with E-state index in [9.17, 15) is 18.0 Å². The summed E-state index contributed by atoms with van der Waals surface area (Å²) in [4.78, 5) is 29.0. The third kappa shape index (κ3) is 8.20. The van der Waals surface area contributed by atoms with Crippen LogP contribution in [-0.4, -0.2) is 50.3 Å². The predicted octanol–water partition coefficient (Wildman–Crippen LogP) is 5.86. The van der Waals surface area contributed by atoms with E-state index in [4.69, 9.17) is 0 Å². The lowest BCUT2D eigenvalue weighted by Gasteiger charge is -2.33. The quantitative estimate of drug-likeness (QED) is 0.285. The highest BCUT2D eigenvalue weighted by Crippen LogP contribution is 2.26. The van der Waals surface area contributed by atoms with Gasteiger partial charge in [-0.3, -0.25) is 13.9 Å². The van der Waals surface area contributed by atoms with Gasteiger partial charge in [0.1, 0.15) is 12.6 Å². The topological polar surface area (TPSA) is 86.8 Å². The van der Waals surface area contributed by atoms with Gasteiger partial charge in [0.05, 0.1) is 10.6 Å². The third-order valence-corrected chi connectivity index (χ3v) is 9.92. The number of carbonyl (C=O) groups is 2. The lowest BCUT2D eigenvalue weighted by Crippen LogP contribution is -2.53. The number of carbonyl (C=O) groups excluding carboxylic acids is 2. The van der Waals surface area contributed by atoms with Crippen LogP contribution in [0.1, 0.15) is 50.2 Å². The third-order valence-electron chi connectivity index (χ3n) is 7.61. The van der Waals surface area contributed by atoms with E-state index in [0.29, 0.717) is 12.1 Å². The number of amides is 2. The first-order valence-electron chi connectivity index (χ1n) is 14.1. The summed E-state index contributed by atoms with van der Waals surface area (Å²) in [5, 5.41) is 3.13. The molecule has 41 heavy (non-hydrogen) atoms. The summed E-state index contributed by atoms with van der Waals surface area (Å²) in [7, 11) is -4.08. The fourth-order valence-corrected chi connectivity index (χ4v) is 6.79. The molecule has 3 aromatic carbocycles. The van der Waals surface area contributed by atoms with E-state index in [1.165, 1.54) is 11.3 Å². The van der Waals surface area contributed by atoms with Gasteiger partial charge in [0.15, 0.2) is 0 Å². The molecule has 1 saturated carbocycles. The molecule has 9 heteroatoms. The minimum Gasteiger partial charge on any atom is -0.352 e. The van der Waals surface area contributed by atoms with Crippen molar-refractivity contribution in [2.45, 2.75) is 69.4 Å². The molecule has 1 aliphatic rings. The molecule has 0 radical (unpaired) electrons. The Morgan fingerprint density at radius 1 is 0.927 bits per heavy atom. The number of anilines is 1. The number of rotatable bonds is 11. The van der Waals surface area contributed by atoms with E-state index in [1.54, 1.807) is 55.5 Å². The highest BCUT2D eigenvalue weighted by atomic mass is 79.9. The zero-order valence-electron chi connectivity index (χ0n) is 23.6. The Hall–Kier alpha value is -3.17. The van der Waals surface area contributed by atoms with Crippen molar-refractivity contribution in [3.63, 3.8) is 0 Å². The molecule has 1 atom stereocenters. The van der Waals surface area contributed by atoms with E-state index in [1.807, 2.05) is 37.3 Å². The zero-order valence-corrected chi connectivity index (χ0v) is 26.0. The maximum atomic E-state index is 14.0. The second kappa shape index (κ2) is 14.1. The maximum absolute atomic E-state index is 14.0. The van der Waals surface area contributed by atoms with Crippen LogP contribution in [-0.2, 0) is 26.0 Å². The highest BCUT2D eigenvalue weighted by Gasteiger charge is 2.33. The molecule has 0 unspecified atom stereocenters. The van der Waals surface area contributed by atoms with Crippen molar-refractivity contribution in [1.29, 1.82) is 0 Å². The van der Waals surface area contributed by atoms with Gasteiger partial charge in [-0.25, -0.2) is 8.42 Å². The lowest BCUT2D eigenvalue weighted by atomic mass is 9.95. The van der Waals surface area contributed by atoms with Gasteiger partial charge in [-0.2, -0.15) is 0 Å². The van der Waals surface area contributed by atoms with E-state index < -0.39 is 28.5 Å². The largest absolute Gasteiger partial charge is 0.352 e. The zero-order chi connectivity index (χ0) is 29.4. The summed E-state index contributed by atoms with van der Waals surface area (Å²) in [5.41, 5.74) is 2.33. The summed E-state index contributed by atoms with van der Waals surface area (Å²) in [6.45, 7) is 3.45. The molecular weight excluding hydrogens is 602 g/mol. The van der Waals surface area contributed by atoms with E-state index in [-0.39, 0.29) is 23.4 Å². The monoisotopic (exact) mass is 639 g/mol. The second-order valence-corrected chi connectivity index (χ2v) is 13.4. The first-order valence-corrected chi connectivity index (χ1v) is 16.4. The van der Waals surface area contributed by atoms with E-state index >= 15 is 0 Å². The average Bonchev–Trinajstić information content (AvgIpc) is 2.97. The van der Waals surface area contributed by atoms with Crippen LogP contribution in [0, 0.1) is 6.92 Å². The standard InChI is InChI=1S/C32H38BrN3O4S/c1-24-13-19-30(20-14-24)41(39,40)36(29-17-15-27(33)16-18-29)23-31(37)35(22-21-26-9-5-3-6-10-26)25(2)32(38)34-28-11-7-4-8-12-28/h3,5-6,9-10,13-20,25,28H,4,7-8,11-12,21-23H2,1-2H3,(H,34,38)/t25-/m0/s1. The number of benzene rings is 3. The predicted molar refractivity (Wildman–Crippen MR) is 166 cm³/mol. The van der Waals surface area contributed by atoms with Crippen LogP contribution < -0.4 is 9.62 Å². The van der Waals surface area contributed by atoms with Gasteiger partial charge >= 0.3 is 0 Å². The average molecular weight is 641 g/mol. The van der Waals surface area contributed by atoms with Gasteiger partial charge in [-0.1, -0.05) is 83.2 Å². The number of hydrogen-bond donors (Lipinski definition) is 1. The van der Waals surface area contributed by atoms with Gasteiger partial charge in [-0.05, 0) is 75.1 Å². The molecule has 7 nitrogen and oxygen atoms in total. The number of sulfonamides is 1. The van der Waals surface area contributed by atoms with E-state index in [0.717, 1.165) is 45.6 Å². The number of hydrogen-bond acceptors (Lipinski definition) is 4. The minimum absolute atomic E-state index is 0.0951. The van der Waals surface area contributed by atoms with Crippen molar-refractivity contribution in [2.24, 2.45) is 0 Å². The maximum Gasteiger partial charge on any atom is 0.264 e. The molecule has 1 aliphatic carbocycles. The number of halogens is 1. The Morgan fingerprint density at radius 2 is 1.56 bits per heavy atom. The molecule has 0 bridgehead atoms. The van der Waals surface area contributed by atoms with Crippen molar-refractivity contribution >= 4 is 43.5 Å². The van der Waals surface area contributed by atoms with Crippen LogP contribution in [0.25, 0.3) is 0 Å². The molecule has 218 valence electrons. The number of nitrogens with one attached hydrogen (secondary N) is 1. The second-order valence-electron chi connectivity index (χ2n) is 10.6. The normalized spacial score (nSPS) is 14.7. The number of aryl methyl sites for hydroxylation is 1.